The van der Waals surface area contributed by atoms with Crippen molar-refractivity contribution in [3.05, 3.63) is 23.9 Å². The number of aryl methyl sites for hydroxylation is 1. The molecule has 0 radical (unpaired) electrons. The van der Waals surface area contributed by atoms with Crippen molar-refractivity contribution in [2.24, 2.45) is 17.3 Å². The SMILES string of the molecule is CC[C@@H]1[C@@H]2CN(C(=O)[C@H](C(C)(C)C)NC(=O)O[C@@H]3C[C@H]3CCCCCc3nc4ccc(OCC(F)(F)F)cc4nc3O2)[C@@H]1C=O. The van der Waals surface area contributed by atoms with Crippen molar-refractivity contribution in [3.63, 3.8) is 0 Å². The molecule has 246 valence electrons. The molecule has 1 N–H and O–H groups in total. The van der Waals surface area contributed by atoms with Crippen molar-refractivity contribution in [1.29, 1.82) is 0 Å². The van der Waals surface area contributed by atoms with Crippen LogP contribution in [0.5, 0.6) is 11.6 Å². The first-order chi connectivity index (χ1) is 21.3. The molecule has 1 aromatic carbocycles. The minimum Gasteiger partial charge on any atom is -0.484 e. The van der Waals surface area contributed by atoms with Crippen molar-refractivity contribution >= 4 is 29.3 Å². The lowest BCUT2D eigenvalue weighted by Gasteiger charge is -2.34. The Morgan fingerprint density at radius 3 is 2.53 bits per heavy atom. The first-order valence-electron chi connectivity index (χ1n) is 15.7. The van der Waals surface area contributed by atoms with Crippen LogP contribution in [-0.2, 0) is 20.7 Å². The first kappa shape index (κ1) is 32.7. The summed E-state index contributed by atoms with van der Waals surface area (Å²) < 4.78 is 55.4. The van der Waals surface area contributed by atoms with E-state index < -0.39 is 48.4 Å². The minimum absolute atomic E-state index is 0.00279. The molecule has 1 aliphatic carbocycles. The highest BCUT2D eigenvalue weighted by molar-refractivity contribution is 5.89. The summed E-state index contributed by atoms with van der Waals surface area (Å²) in [4.78, 5) is 50.3. The van der Waals surface area contributed by atoms with Gasteiger partial charge in [-0.1, -0.05) is 40.5 Å². The normalized spacial score (nSPS) is 28.1. The second kappa shape index (κ2) is 13.0. The minimum atomic E-state index is -4.49. The van der Waals surface area contributed by atoms with E-state index in [1.807, 2.05) is 27.7 Å². The van der Waals surface area contributed by atoms with Gasteiger partial charge < -0.3 is 29.2 Å². The fraction of sp³-hybridized carbons (Fsp3) is 0.656. The number of hydrogen-bond acceptors (Lipinski definition) is 8. The molecule has 0 unspecified atom stereocenters. The number of carbonyl (C=O) groups excluding carboxylic acids is 3. The zero-order valence-electron chi connectivity index (χ0n) is 26.1. The third-order valence-corrected chi connectivity index (χ3v) is 8.86. The Bertz CT molecular complexity index is 1410. The number of amides is 2. The van der Waals surface area contributed by atoms with Gasteiger partial charge in [0.2, 0.25) is 11.8 Å². The fourth-order valence-corrected chi connectivity index (χ4v) is 6.30. The Kier molecular flexibility index (Phi) is 9.46. The van der Waals surface area contributed by atoms with Gasteiger partial charge in [0.15, 0.2) is 6.61 Å². The number of ether oxygens (including phenoxy) is 3. The number of hydrogen-bond donors (Lipinski definition) is 1. The summed E-state index contributed by atoms with van der Waals surface area (Å²) >= 11 is 0. The molecule has 3 aliphatic rings. The third-order valence-electron chi connectivity index (χ3n) is 8.86. The second-order valence-electron chi connectivity index (χ2n) is 13.4. The first-order valence-corrected chi connectivity index (χ1v) is 15.7. The number of fused-ring (bicyclic) bond motifs is 5. The number of nitrogens with zero attached hydrogens (tertiary/aromatic N) is 3. The van der Waals surface area contributed by atoms with E-state index in [4.69, 9.17) is 19.2 Å². The van der Waals surface area contributed by atoms with Crippen molar-refractivity contribution in [1.82, 2.24) is 20.2 Å². The van der Waals surface area contributed by atoms with Crippen LogP contribution in [0.15, 0.2) is 18.2 Å². The highest BCUT2D eigenvalue weighted by atomic mass is 19.4. The number of alkyl halides is 3. The summed E-state index contributed by atoms with van der Waals surface area (Å²) in [7, 11) is 0. The molecular formula is C32H41F3N4O6. The smallest absolute Gasteiger partial charge is 0.422 e. The van der Waals surface area contributed by atoms with Crippen LogP contribution >= 0.6 is 0 Å². The number of aromatic nitrogens is 2. The number of aldehydes is 1. The van der Waals surface area contributed by atoms with Crippen LogP contribution in [0, 0.1) is 17.3 Å². The Balaban J connectivity index is 1.49. The van der Waals surface area contributed by atoms with E-state index >= 15 is 0 Å². The zero-order valence-corrected chi connectivity index (χ0v) is 26.1. The Labute approximate surface area is 260 Å². The lowest BCUT2D eigenvalue weighted by atomic mass is 9.85. The quantitative estimate of drug-likeness (QED) is 0.444. The van der Waals surface area contributed by atoms with E-state index in [0.717, 1.165) is 38.4 Å². The lowest BCUT2D eigenvalue weighted by Crippen LogP contribution is -2.56. The molecule has 6 atom stereocenters. The lowest BCUT2D eigenvalue weighted by molar-refractivity contribution is -0.153. The van der Waals surface area contributed by atoms with Gasteiger partial charge >= 0.3 is 12.3 Å². The van der Waals surface area contributed by atoms with E-state index in [0.29, 0.717) is 29.6 Å². The molecule has 2 fully saturated rings. The number of rotatable bonds is 4. The molecule has 0 spiro atoms. The van der Waals surface area contributed by atoms with E-state index in [1.54, 1.807) is 6.07 Å². The number of alkyl carbamates (subject to hydrolysis) is 1. The summed E-state index contributed by atoms with van der Waals surface area (Å²) in [5.74, 6) is -0.297. The molecule has 5 rings (SSSR count). The molecular weight excluding hydrogens is 593 g/mol. The topological polar surface area (TPSA) is 120 Å². The molecule has 1 saturated heterocycles. The maximum absolute atomic E-state index is 14.0. The van der Waals surface area contributed by atoms with Crippen LogP contribution in [0.4, 0.5) is 18.0 Å². The van der Waals surface area contributed by atoms with E-state index in [2.05, 4.69) is 10.3 Å². The summed E-state index contributed by atoms with van der Waals surface area (Å²) in [6, 6.07) is 2.64. The van der Waals surface area contributed by atoms with Crippen LogP contribution < -0.4 is 14.8 Å². The third kappa shape index (κ3) is 7.78. The second-order valence-corrected chi connectivity index (χ2v) is 13.4. The molecule has 2 bridgehead atoms. The average Bonchev–Trinajstić information content (AvgIpc) is 3.60. The van der Waals surface area contributed by atoms with E-state index in [-0.39, 0.29) is 36.1 Å². The Morgan fingerprint density at radius 2 is 1.84 bits per heavy atom. The average molecular weight is 635 g/mol. The summed E-state index contributed by atoms with van der Waals surface area (Å²) in [5, 5.41) is 2.78. The maximum atomic E-state index is 14.0. The van der Waals surface area contributed by atoms with Crippen LogP contribution in [-0.4, -0.2) is 76.8 Å². The molecule has 1 aromatic heterocycles. The van der Waals surface area contributed by atoms with Gasteiger partial charge in [-0.25, -0.2) is 14.8 Å². The van der Waals surface area contributed by atoms with Gasteiger partial charge in [-0.2, -0.15) is 13.2 Å². The monoisotopic (exact) mass is 634 g/mol. The van der Waals surface area contributed by atoms with Crippen molar-refractivity contribution < 1.29 is 41.8 Å². The highest BCUT2D eigenvalue weighted by Crippen LogP contribution is 2.39. The van der Waals surface area contributed by atoms with Gasteiger partial charge in [0.1, 0.15) is 36.0 Å². The molecule has 13 heteroatoms. The van der Waals surface area contributed by atoms with Gasteiger partial charge in [-0.3, -0.25) is 4.79 Å². The largest absolute Gasteiger partial charge is 0.484 e. The molecule has 45 heavy (non-hydrogen) atoms. The summed E-state index contributed by atoms with van der Waals surface area (Å²) in [6.07, 6.45) is 0.178. The van der Waals surface area contributed by atoms with Crippen molar-refractivity contribution in [2.45, 2.75) is 103 Å². The van der Waals surface area contributed by atoms with Gasteiger partial charge in [-0.05, 0) is 55.6 Å². The number of halogens is 3. The maximum Gasteiger partial charge on any atom is 0.422 e. The molecule has 2 aliphatic heterocycles. The number of carbonyl (C=O) groups is 3. The van der Waals surface area contributed by atoms with Crippen LogP contribution in [0.1, 0.15) is 71.9 Å². The summed E-state index contributed by atoms with van der Waals surface area (Å²) in [6.45, 7) is 6.05. The molecule has 2 aromatic rings. The fourth-order valence-electron chi connectivity index (χ4n) is 6.30. The standard InChI is InChI=1S/C32H41F3N4O6/c1-5-20-24(16-40)39-15-26(20)44-28-22(36-21-12-11-19(14-23(21)37-28)43-17-32(33,34)35)10-8-6-7-9-18-13-25(18)45-30(42)38-27(29(39)41)31(2,3)4/h11-12,14,16,18,20,24-27H,5-10,13,15,17H2,1-4H3,(H,38,42)/t18-,20+,24-,25-,26+,27-/m1/s1. The molecule has 3 heterocycles. The van der Waals surface area contributed by atoms with Gasteiger partial charge in [-0.15, -0.1) is 0 Å². The van der Waals surface area contributed by atoms with Gasteiger partial charge in [0, 0.05) is 12.0 Å². The van der Waals surface area contributed by atoms with E-state index in [9.17, 15) is 27.6 Å². The van der Waals surface area contributed by atoms with Crippen LogP contribution in [0.3, 0.4) is 0 Å². The number of benzene rings is 1. The predicted molar refractivity (Wildman–Crippen MR) is 158 cm³/mol. The predicted octanol–water partition coefficient (Wildman–Crippen LogP) is 5.40. The molecule has 2 amide bonds. The molecule has 1 saturated carbocycles. The van der Waals surface area contributed by atoms with Crippen LogP contribution in [0.2, 0.25) is 0 Å². The highest BCUT2D eigenvalue weighted by Gasteiger charge is 2.49. The summed E-state index contributed by atoms with van der Waals surface area (Å²) in [5.41, 5.74) is 0.706. The van der Waals surface area contributed by atoms with Crippen molar-refractivity contribution in [3.8, 4) is 11.6 Å². The van der Waals surface area contributed by atoms with E-state index in [1.165, 1.54) is 17.0 Å². The van der Waals surface area contributed by atoms with Gasteiger partial charge in [0.25, 0.3) is 0 Å². The Hall–Kier alpha value is -3.64. The van der Waals surface area contributed by atoms with Crippen molar-refractivity contribution in [2.75, 3.05) is 13.2 Å². The van der Waals surface area contributed by atoms with Crippen LogP contribution in [0.25, 0.3) is 11.0 Å². The van der Waals surface area contributed by atoms with Gasteiger partial charge in [0.05, 0.1) is 23.6 Å². The number of nitrogens with one attached hydrogen (secondary N) is 1. The molecule has 10 nitrogen and oxygen atoms in total. The zero-order chi connectivity index (χ0) is 32.5. The Morgan fingerprint density at radius 1 is 1.07 bits per heavy atom.